The van der Waals surface area contributed by atoms with Gasteiger partial charge in [0.1, 0.15) is 11.5 Å². The summed E-state index contributed by atoms with van der Waals surface area (Å²) in [6.45, 7) is 6.66. The fourth-order valence-corrected chi connectivity index (χ4v) is 3.87. The van der Waals surface area contributed by atoms with Crippen molar-refractivity contribution >= 4 is 45.1 Å². The van der Waals surface area contributed by atoms with E-state index >= 15 is 0 Å². The maximum absolute atomic E-state index is 12.4. The predicted molar refractivity (Wildman–Crippen MR) is 152 cm³/mol. The van der Waals surface area contributed by atoms with E-state index in [9.17, 15) is 9.59 Å². The molecule has 0 radical (unpaired) electrons. The highest BCUT2D eigenvalue weighted by molar-refractivity contribution is 9.10. The van der Waals surface area contributed by atoms with Crippen LogP contribution in [0.5, 0.6) is 11.5 Å². The number of benzene rings is 3. The van der Waals surface area contributed by atoms with Crippen molar-refractivity contribution in [1.82, 2.24) is 16.2 Å². The largest absolute Gasteiger partial charge is 0.493 e. The van der Waals surface area contributed by atoms with E-state index in [1.54, 1.807) is 24.3 Å². The van der Waals surface area contributed by atoms with Crippen molar-refractivity contribution in [2.45, 2.75) is 32.6 Å². The van der Waals surface area contributed by atoms with Crippen LogP contribution in [0.1, 0.15) is 42.3 Å². The molecule has 0 fully saturated rings. The number of hydrazine groups is 1. The number of nitrogens with one attached hydrogen (secondary N) is 3. The number of hydrogen-bond donors (Lipinski definition) is 3. The lowest BCUT2D eigenvalue weighted by molar-refractivity contribution is -0.123. The summed E-state index contributed by atoms with van der Waals surface area (Å²) in [6, 6.07) is 22.5. The van der Waals surface area contributed by atoms with Crippen LogP contribution < -0.4 is 25.6 Å². The van der Waals surface area contributed by atoms with Gasteiger partial charge >= 0.3 is 0 Å². The summed E-state index contributed by atoms with van der Waals surface area (Å²) in [4.78, 5) is 24.6. The molecule has 3 aromatic carbocycles. The Labute approximate surface area is 231 Å². The number of hydrogen-bond acceptors (Lipinski definition) is 5. The summed E-state index contributed by atoms with van der Waals surface area (Å²) in [5.74, 6) is 0.341. The molecular formula is C28H30BrN3O4S. The minimum Gasteiger partial charge on any atom is -0.493 e. The minimum absolute atomic E-state index is 0.000805. The summed E-state index contributed by atoms with van der Waals surface area (Å²) in [5, 5.41) is 2.47. The second-order valence-corrected chi connectivity index (χ2v) is 10.5. The molecule has 3 aromatic rings. The summed E-state index contributed by atoms with van der Waals surface area (Å²) in [5.41, 5.74) is 7.65. The number of thiocarbonyl (C=S) groups is 1. The summed E-state index contributed by atoms with van der Waals surface area (Å²) in [6.07, 6.45) is 0.792. The van der Waals surface area contributed by atoms with Gasteiger partial charge in [-0.2, -0.15) is 0 Å². The molecule has 0 aliphatic rings. The Balaban J connectivity index is 1.38. The lowest BCUT2D eigenvalue weighted by atomic mass is 9.87. The van der Waals surface area contributed by atoms with Gasteiger partial charge in [0, 0.05) is 12.0 Å². The highest BCUT2D eigenvalue weighted by Crippen LogP contribution is 2.31. The van der Waals surface area contributed by atoms with Crippen LogP contribution >= 0.6 is 28.1 Å². The first-order valence-electron chi connectivity index (χ1n) is 11.7. The van der Waals surface area contributed by atoms with E-state index in [1.165, 1.54) is 5.56 Å². The van der Waals surface area contributed by atoms with E-state index in [1.807, 2.05) is 48.5 Å². The molecule has 3 rings (SSSR count). The molecule has 0 aromatic heterocycles. The number of amides is 2. The van der Waals surface area contributed by atoms with E-state index < -0.39 is 11.8 Å². The third-order valence-electron chi connectivity index (χ3n) is 5.32. The van der Waals surface area contributed by atoms with Gasteiger partial charge in [0.2, 0.25) is 0 Å². The molecule has 0 saturated carbocycles. The molecule has 194 valence electrons. The van der Waals surface area contributed by atoms with Crippen molar-refractivity contribution in [2.75, 3.05) is 13.2 Å². The first-order valence-corrected chi connectivity index (χ1v) is 12.9. The highest BCUT2D eigenvalue weighted by Gasteiger charge is 2.16. The standard InChI is InChI=1S/C28H30BrN3O4S/c1-28(2,3)21-11-14-24(23(29)17-21)36-18-25(33)31-32-27(37)30-26(34)20-9-12-22(13-10-20)35-16-15-19-7-5-4-6-8-19/h4-14,17H,15-16,18H2,1-3H3,(H,31,33)(H2,30,32,34,37). The zero-order valence-electron chi connectivity index (χ0n) is 21.0. The molecular weight excluding hydrogens is 554 g/mol. The van der Waals surface area contributed by atoms with E-state index in [4.69, 9.17) is 21.7 Å². The maximum atomic E-state index is 12.4. The van der Waals surface area contributed by atoms with Crippen molar-refractivity contribution in [3.05, 3.63) is 94.0 Å². The SMILES string of the molecule is CC(C)(C)c1ccc(OCC(=O)NNC(=S)NC(=O)c2ccc(OCCc3ccccc3)cc2)c(Br)c1. The average molecular weight is 585 g/mol. The van der Waals surface area contributed by atoms with Crippen LogP contribution in [0, 0.1) is 0 Å². The van der Waals surface area contributed by atoms with Crippen LogP contribution in [0.3, 0.4) is 0 Å². The van der Waals surface area contributed by atoms with Gasteiger partial charge in [-0.3, -0.25) is 25.8 Å². The second-order valence-electron chi connectivity index (χ2n) is 9.25. The molecule has 0 saturated heterocycles. The summed E-state index contributed by atoms with van der Waals surface area (Å²) < 4.78 is 12.1. The van der Waals surface area contributed by atoms with E-state index in [0.717, 1.165) is 16.5 Å². The molecule has 7 nitrogen and oxygen atoms in total. The Morgan fingerprint density at radius 2 is 1.62 bits per heavy atom. The quantitative estimate of drug-likeness (QED) is 0.253. The van der Waals surface area contributed by atoms with Crippen LogP contribution in [0.25, 0.3) is 0 Å². The summed E-state index contributed by atoms with van der Waals surface area (Å²) in [7, 11) is 0. The van der Waals surface area contributed by atoms with Gasteiger partial charge in [-0.1, -0.05) is 57.2 Å². The van der Waals surface area contributed by atoms with Crippen LogP contribution in [0.2, 0.25) is 0 Å². The number of halogens is 1. The van der Waals surface area contributed by atoms with Gasteiger partial charge < -0.3 is 9.47 Å². The molecule has 0 aliphatic heterocycles. The number of carbonyl (C=O) groups is 2. The molecule has 0 atom stereocenters. The lowest BCUT2D eigenvalue weighted by Gasteiger charge is -2.20. The van der Waals surface area contributed by atoms with E-state index in [2.05, 4.69) is 52.9 Å². The van der Waals surface area contributed by atoms with Gasteiger partial charge in [0.05, 0.1) is 11.1 Å². The van der Waals surface area contributed by atoms with E-state index in [0.29, 0.717) is 23.7 Å². The fourth-order valence-electron chi connectivity index (χ4n) is 3.23. The molecule has 0 heterocycles. The third kappa shape index (κ3) is 9.18. The van der Waals surface area contributed by atoms with Gasteiger partial charge in [0.25, 0.3) is 11.8 Å². The minimum atomic E-state index is -0.458. The van der Waals surface area contributed by atoms with Crippen LogP contribution in [0.15, 0.2) is 77.3 Å². The number of ether oxygens (including phenoxy) is 2. The Bertz CT molecular complexity index is 1230. The number of carbonyl (C=O) groups excluding carboxylic acids is 2. The Hall–Kier alpha value is -3.43. The molecule has 37 heavy (non-hydrogen) atoms. The second kappa shape index (κ2) is 13.2. The van der Waals surface area contributed by atoms with Gasteiger partial charge in [-0.05, 0) is 81.1 Å². The van der Waals surface area contributed by atoms with Gasteiger partial charge in [-0.25, -0.2) is 0 Å². The van der Waals surface area contributed by atoms with Crippen molar-refractivity contribution in [3.63, 3.8) is 0 Å². The molecule has 9 heteroatoms. The molecule has 0 unspecified atom stereocenters. The van der Waals surface area contributed by atoms with Crippen LogP contribution in [-0.2, 0) is 16.6 Å². The van der Waals surface area contributed by atoms with Crippen molar-refractivity contribution < 1.29 is 19.1 Å². The average Bonchev–Trinajstić information content (AvgIpc) is 2.87. The Morgan fingerprint density at radius 3 is 2.27 bits per heavy atom. The summed E-state index contributed by atoms with van der Waals surface area (Å²) >= 11 is 8.57. The Morgan fingerprint density at radius 1 is 0.919 bits per heavy atom. The van der Waals surface area contributed by atoms with Crippen molar-refractivity contribution in [1.29, 1.82) is 0 Å². The van der Waals surface area contributed by atoms with Gasteiger partial charge in [-0.15, -0.1) is 0 Å². The number of rotatable bonds is 8. The third-order valence-corrected chi connectivity index (χ3v) is 6.14. The van der Waals surface area contributed by atoms with Crippen LogP contribution in [-0.4, -0.2) is 30.1 Å². The van der Waals surface area contributed by atoms with Crippen LogP contribution in [0.4, 0.5) is 0 Å². The molecule has 3 N–H and O–H groups in total. The molecule has 0 aliphatic carbocycles. The zero-order valence-corrected chi connectivity index (χ0v) is 23.4. The predicted octanol–water partition coefficient (Wildman–Crippen LogP) is 5.08. The van der Waals surface area contributed by atoms with E-state index in [-0.39, 0.29) is 17.1 Å². The maximum Gasteiger partial charge on any atom is 0.276 e. The zero-order chi connectivity index (χ0) is 26.8. The van der Waals surface area contributed by atoms with Crippen molar-refractivity contribution in [3.8, 4) is 11.5 Å². The molecule has 0 spiro atoms. The molecule has 0 bridgehead atoms. The first kappa shape index (κ1) is 28.1. The molecule has 2 amide bonds. The first-order chi connectivity index (χ1) is 17.6. The monoisotopic (exact) mass is 583 g/mol. The Kier molecular flexibility index (Phi) is 10.0. The fraction of sp³-hybridized carbons (Fsp3) is 0.250. The highest BCUT2D eigenvalue weighted by atomic mass is 79.9. The van der Waals surface area contributed by atoms with Gasteiger partial charge in [0.15, 0.2) is 11.7 Å². The smallest absolute Gasteiger partial charge is 0.276 e. The topological polar surface area (TPSA) is 88.7 Å². The normalized spacial score (nSPS) is 10.8. The lowest BCUT2D eigenvalue weighted by Crippen LogP contribution is -2.49. The van der Waals surface area contributed by atoms with Crippen molar-refractivity contribution in [2.24, 2.45) is 0 Å².